The fourth-order valence-corrected chi connectivity index (χ4v) is 1.88. The van der Waals surface area contributed by atoms with E-state index in [1.807, 2.05) is 0 Å². The largest absolute Gasteiger partial charge is 0.494 e. The molecule has 1 aliphatic heterocycles. The van der Waals surface area contributed by atoms with Crippen molar-refractivity contribution in [3.05, 3.63) is 18.2 Å². The molecule has 1 fully saturated rings. The van der Waals surface area contributed by atoms with Gasteiger partial charge in [-0.2, -0.15) is 0 Å². The maximum atomic E-state index is 5.04. The predicted octanol–water partition coefficient (Wildman–Crippen LogP) is 1.34. The highest BCUT2D eigenvalue weighted by Crippen LogP contribution is 2.20. The van der Waals surface area contributed by atoms with Crippen molar-refractivity contribution in [2.75, 3.05) is 20.2 Å². The van der Waals surface area contributed by atoms with E-state index in [0.29, 0.717) is 5.92 Å². The number of methoxy groups -OCH3 is 1. The second-order valence-corrected chi connectivity index (χ2v) is 3.88. The first-order valence-corrected chi connectivity index (χ1v) is 5.47. The van der Waals surface area contributed by atoms with Gasteiger partial charge in [0.05, 0.1) is 19.5 Å². The summed E-state index contributed by atoms with van der Waals surface area (Å²) in [6, 6.07) is 0. The van der Waals surface area contributed by atoms with Gasteiger partial charge >= 0.3 is 0 Å². The first kappa shape index (κ1) is 10.4. The van der Waals surface area contributed by atoms with Crippen molar-refractivity contribution in [1.82, 2.24) is 15.3 Å². The summed E-state index contributed by atoms with van der Waals surface area (Å²) in [6.07, 6.45) is 7.18. The Morgan fingerprint density at radius 2 is 2.13 bits per heavy atom. The Balaban J connectivity index is 2.06. The standard InChI is InChI=1S/C11H17N3O/c1-15-10-7-13-11(14-8-10)9-4-2-3-5-12-6-9/h7-9,12H,2-6H2,1H3. The van der Waals surface area contributed by atoms with Gasteiger partial charge in [-0.15, -0.1) is 0 Å². The molecule has 0 aliphatic carbocycles. The molecule has 1 N–H and O–H groups in total. The smallest absolute Gasteiger partial charge is 0.155 e. The molecular formula is C11H17N3O. The van der Waals surface area contributed by atoms with Crippen LogP contribution in [0.3, 0.4) is 0 Å². The summed E-state index contributed by atoms with van der Waals surface area (Å²) >= 11 is 0. The lowest BCUT2D eigenvalue weighted by Gasteiger charge is -2.12. The zero-order valence-electron chi connectivity index (χ0n) is 9.07. The molecule has 1 saturated heterocycles. The van der Waals surface area contributed by atoms with Gasteiger partial charge in [0.15, 0.2) is 5.75 Å². The Morgan fingerprint density at radius 1 is 1.33 bits per heavy atom. The number of rotatable bonds is 2. The molecule has 2 heterocycles. The van der Waals surface area contributed by atoms with Crippen LogP contribution < -0.4 is 10.1 Å². The minimum Gasteiger partial charge on any atom is -0.494 e. The topological polar surface area (TPSA) is 47.0 Å². The molecule has 4 nitrogen and oxygen atoms in total. The molecule has 0 saturated carbocycles. The monoisotopic (exact) mass is 207 g/mol. The molecule has 0 amide bonds. The third-order valence-electron chi connectivity index (χ3n) is 2.80. The third kappa shape index (κ3) is 2.65. The van der Waals surface area contributed by atoms with Crippen LogP contribution in [0.15, 0.2) is 12.4 Å². The van der Waals surface area contributed by atoms with E-state index in [-0.39, 0.29) is 0 Å². The van der Waals surface area contributed by atoms with Crippen LogP contribution in [0.4, 0.5) is 0 Å². The molecule has 1 aromatic heterocycles. The summed E-state index contributed by atoms with van der Waals surface area (Å²) in [4.78, 5) is 8.68. The lowest BCUT2D eigenvalue weighted by Crippen LogP contribution is -2.20. The van der Waals surface area contributed by atoms with Crippen LogP contribution in [-0.4, -0.2) is 30.2 Å². The second-order valence-electron chi connectivity index (χ2n) is 3.88. The quantitative estimate of drug-likeness (QED) is 0.795. The van der Waals surface area contributed by atoms with Crippen LogP contribution in [0.25, 0.3) is 0 Å². The average molecular weight is 207 g/mol. The van der Waals surface area contributed by atoms with E-state index in [2.05, 4.69) is 15.3 Å². The molecule has 15 heavy (non-hydrogen) atoms. The van der Waals surface area contributed by atoms with Gasteiger partial charge in [0.1, 0.15) is 5.82 Å². The van der Waals surface area contributed by atoms with Crippen LogP contribution in [-0.2, 0) is 0 Å². The molecule has 1 unspecified atom stereocenters. The highest BCUT2D eigenvalue weighted by molar-refractivity contribution is 5.13. The maximum absolute atomic E-state index is 5.04. The van der Waals surface area contributed by atoms with Gasteiger partial charge in [-0.1, -0.05) is 6.42 Å². The summed E-state index contributed by atoms with van der Waals surface area (Å²) in [5.74, 6) is 2.11. The Bertz CT molecular complexity index is 291. The van der Waals surface area contributed by atoms with Gasteiger partial charge in [-0.3, -0.25) is 0 Å². The van der Waals surface area contributed by atoms with E-state index in [1.165, 1.54) is 19.3 Å². The summed E-state index contributed by atoms with van der Waals surface area (Å²) in [5.41, 5.74) is 0. The van der Waals surface area contributed by atoms with Gasteiger partial charge < -0.3 is 10.1 Å². The number of ether oxygens (including phenoxy) is 1. The number of hydrogen-bond acceptors (Lipinski definition) is 4. The van der Waals surface area contributed by atoms with Gasteiger partial charge in [0.2, 0.25) is 0 Å². The number of nitrogens with one attached hydrogen (secondary N) is 1. The van der Waals surface area contributed by atoms with Crippen molar-refractivity contribution in [1.29, 1.82) is 0 Å². The minimum atomic E-state index is 0.457. The molecule has 1 atom stereocenters. The highest BCUT2D eigenvalue weighted by Gasteiger charge is 2.16. The third-order valence-corrected chi connectivity index (χ3v) is 2.80. The first-order chi connectivity index (χ1) is 7.40. The van der Waals surface area contributed by atoms with Crippen molar-refractivity contribution in [2.24, 2.45) is 0 Å². The molecule has 1 aliphatic rings. The Hall–Kier alpha value is -1.16. The van der Waals surface area contributed by atoms with Gasteiger partial charge in [0, 0.05) is 12.5 Å². The van der Waals surface area contributed by atoms with E-state index >= 15 is 0 Å². The van der Waals surface area contributed by atoms with Crippen molar-refractivity contribution in [2.45, 2.75) is 25.2 Å². The lowest BCUT2D eigenvalue weighted by atomic mass is 10.0. The zero-order chi connectivity index (χ0) is 10.5. The molecule has 2 rings (SSSR count). The van der Waals surface area contributed by atoms with Gasteiger partial charge in [-0.05, 0) is 19.4 Å². The molecule has 0 bridgehead atoms. The molecule has 1 aromatic rings. The molecule has 0 radical (unpaired) electrons. The van der Waals surface area contributed by atoms with Crippen molar-refractivity contribution >= 4 is 0 Å². The zero-order valence-corrected chi connectivity index (χ0v) is 9.07. The number of hydrogen-bond donors (Lipinski definition) is 1. The van der Waals surface area contributed by atoms with Crippen LogP contribution >= 0.6 is 0 Å². The Labute approximate surface area is 90.1 Å². The van der Waals surface area contributed by atoms with E-state index in [0.717, 1.165) is 24.7 Å². The second kappa shape index (κ2) is 5.07. The van der Waals surface area contributed by atoms with Crippen LogP contribution in [0, 0.1) is 0 Å². The Morgan fingerprint density at radius 3 is 2.87 bits per heavy atom. The number of nitrogens with zero attached hydrogens (tertiary/aromatic N) is 2. The van der Waals surface area contributed by atoms with Crippen LogP contribution in [0.1, 0.15) is 31.0 Å². The lowest BCUT2D eigenvalue weighted by molar-refractivity contribution is 0.409. The summed E-state index contributed by atoms with van der Waals surface area (Å²) in [6.45, 7) is 2.11. The maximum Gasteiger partial charge on any atom is 0.155 e. The fourth-order valence-electron chi connectivity index (χ4n) is 1.88. The number of aromatic nitrogens is 2. The normalized spacial score (nSPS) is 22.1. The van der Waals surface area contributed by atoms with E-state index in [1.54, 1.807) is 19.5 Å². The molecule has 0 spiro atoms. The van der Waals surface area contributed by atoms with Gasteiger partial charge in [0.25, 0.3) is 0 Å². The van der Waals surface area contributed by atoms with E-state index in [9.17, 15) is 0 Å². The average Bonchev–Trinajstić information content (AvgIpc) is 2.58. The van der Waals surface area contributed by atoms with Crippen molar-refractivity contribution in [3.8, 4) is 5.75 Å². The molecular weight excluding hydrogens is 190 g/mol. The molecule has 82 valence electrons. The van der Waals surface area contributed by atoms with Crippen LogP contribution in [0.5, 0.6) is 5.75 Å². The summed E-state index contributed by atoms with van der Waals surface area (Å²) < 4.78 is 5.04. The van der Waals surface area contributed by atoms with Crippen molar-refractivity contribution < 1.29 is 4.74 Å². The van der Waals surface area contributed by atoms with E-state index in [4.69, 9.17) is 4.74 Å². The minimum absolute atomic E-state index is 0.457. The first-order valence-electron chi connectivity index (χ1n) is 5.47. The SMILES string of the molecule is COc1cnc(C2CCCCNC2)nc1. The van der Waals surface area contributed by atoms with Crippen molar-refractivity contribution in [3.63, 3.8) is 0 Å². The highest BCUT2D eigenvalue weighted by atomic mass is 16.5. The molecule has 0 aromatic carbocycles. The van der Waals surface area contributed by atoms with Gasteiger partial charge in [-0.25, -0.2) is 9.97 Å². The summed E-state index contributed by atoms with van der Waals surface area (Å²) in [5, 5.41) is 3.41. The fraction of sp³-hybridized carbons (Fsp3) is 0.636. The summed E-state index contributed by atoms with van der Waals surface area (Å²) in [7, 11) is 1.63. The van der Waals surface area contributed by atoms with Crippen LogP contribution in [0.2, 0.25) is 0 Å². The molecule has 4 heteroatoms. The Kier molecular flexibility index (Phi) is 3.50. The van der Waals surface area contributed by atoms with E-state index < -0.39 is 0 Å². The predicted molar refractivity (Wildman–Crippen MR) is 58.0 cm³/mol.